The first-order valence-electron chi connectivity index (χ1n) is 28.9. The summed E-state index contributed by atoms with van der Waals surface area (Å²) in [4.78, 5) is 38.1. The molecule has 0 heterocycles. The van der Waals surface area contributed by atoms with Gasteiger partial charge >= 0.3 is 17.9 Å². The Morgan fingerprint density at radius 1 is 0.300 bits per heavy atom. The van der Waals surface area contributed by atoms with Crippen molar-refractivity contribution in [2.24, 2.45) is 0 Å². The maximum Gasteiger partial charge on any atom is 0.306 e. The van der Waals surface area contributed by atoms with Gasteiger partial charge in [0, 0.05) is 19.3 Å². The van der Waals surface area contributed by atoms with Gasteiger partial charge in [-0.15, -0.1) is 0 Å². The standard InChI is InChI=1S/C64H106O6/c1-4-7-10-13-16-19-22-25-27-28-29-30-31-32-33-34-35-36-37-40-42-45-48-51-54-57-63(66)69-60-61(59-68-62(65)56-53-50-47-44-41-38-24-21-18-15-12-9-6-3)70-64(67)58-55-52-49-46-43-39-26-23-20-17-14-11-8-5-2/h9,12,14,17-18,21-23,25-26,28-29,31-32,38,41,47,50,61H,4-8,10-11,13,15-16,19-20,24,27,30,33-37,39-40,42-46,48-49,51-60H2,1-3H3/b12-9-,17-14-,21-18-,25-22-,26-23-,29-28-,32-31-,41-38-,50-47-. The van der Waals surface area contributed by atoms with E-state index in [-0.39, 0.29) is 37.5 Å². The van der Waals surface area contributed by atoms with E-state index in [1.807, 2.05) is 12.2 Å². The highest BCUT2D eigenvalue weighted by Crippen LogP contribution is 2.14. The maximum atomic E-state index is 12.8. The molecule has 0 N–H and O–H groups in total. The van der Waals surface area contributed by atoms with Crippen LogP contribution in [0.25, 0.3) is 0 Å². The molecule has 0 aromatic heterocycles. The minimum Gasteiger partial charge on any atom is -0.462 e. The van der Waals surface area contributed by atoms with Crippen LogP contribution in [0.1, 0.15) is 258 Å². The quantitative estimate of drug-likeness (QED) is 0.0262. The van der Waals surface area contributed by atoms with Gasteiger partial charge in [-0.1, -0.05) is 239 Å². The van der Waals surface area contributed by atoms with Crippen molar-refractivity contribution >= 4 is 17.9 Å². The Morgan fingerprint density at radius 3 is 1.00 bits per heavy atom. The number of carbonyl (C=O) groups is 3. The molecule has 0 spiro atoms. The third-order valence-electron chi connectivity index (χ3n) is 12.0. The average molecular weight is 972 g/mol. The molecule has 6 nitrogen and oxygen atoms in total. The van der Waals surface area contributed by atoms with Gasteiger partial charge in [-0.2, -0.15) is 0 Å². The van der Waals surface area contributed by atoms with Crippen LogP contribution in [0.15, 0.2) is 109 Å². The van der Waals surface area contributed by atoms with Crippen LogP contribution < -0.4 is 0 Å². The van der Waals surface area contributed by atoms with Crippen LogP contribution in [0.3, 0.4) is 0 Å². The normalized spacial score (nSPS) is 12.9. The lowest BCUT2D eigenvalue weighted by molar-refractivity contribution is -0.166. The van der Waals surface area contributed by atoms with Crippen molar-refractivity contribution in [1.82, 2.24) is 0 Å². The highest BCUT2D eigenvalue weighted by Gasteiger charge is 2.19. The number of allylic oxidation sites excluding steroid dienone is 18. The molecular formula is C64H106O6. The second-order valence-electron chi connectivity index (χ2n) is 18.8. The van der Waals surface area contributed by atoms with Gasteiger partial charge in [0.25, 0.3) is 0 Å². The highest BCUT2D eigenvalue weighted by atomic mass is 16.6. The molecule has 0 bridgehead atoms. The van der Waals surface area contributed by atoms with Gasteiger partial charge in [0.1, 0.15) is 13.2 Å². The molecule has 0 radical (unpaired) electrons. The predicted octanol–water partition coefficient (Wildman–Crippen LogP) is 19.5. The maximum absolute atomic E-state index is 12.8. The minimum atomic E-state index is -0.818. The Labute approximate surface area is 431 Å². The van der Waals surface area contributed by atoms with E-state index in [1.165, 1.54) is 109 Å². The Hall–Kier alpha value is -3.93. The van der Waals surface area contributed by atoms with Gasteiger partial charge in [-0.05, 0) is 109 Å². The van der Waals surface area contributed by atoms with Crippen LogP contribution in [0.4, 0.5) is 0 Å². The minimum absolute atomic E-state index is 0.109. The number of esters is 3. The topological polar surface area (TPSA) is 78.9 Å². The largest absolute Gasteiger partial charge is 0.462 e. The van der Waals surface area contributed by atoms with Gasteiger partial charge in [-0.3, -0.25) is 14.4 Å². The lowest BCUT2D eigenvalue weighted by atomic mass is 10.1. The Bertz CT molecular complexity index is 1440. The molecule has 0 aliphatic carbocycles. The zero-order chi connectivity index (χ0) is 50.7. The van der Waals surface area contributed by atoms with Crippen LogP contribution in [-0.4, -0.2) is 37.2 Å². The first-order chi connectivity index (χ1) is 34.5. The van der Waals surface area contributed by atoms with Crippen LogP contribution in [-0.2, 0) is 28.6 Å². The summed E-state index contributed by atoms with van der Waals surface area (Å²) in [6, 6.07) is 0. The summed E-state index contributed by atoms with van der Waals surface area (Å²) in [5.74, 6) is -1.01. The van der Waals surface area contributed by atoms with Crippen molar-refractivity contribution in [2.75, 3.05) is 13.2 Å². The number of rotatable bonds is 51. The molecule has 6 heteroatoms. The lowest BCUT2D eigenvalue weighted by Crippen LogP contribution is -2.30. The molecule has 398 valence electrons. The van der Waals surface area contributed by atoms with Crippen molar-refractivity contribution in [3.63, 3.8) is 0 Å². The van der Waals surface area contributed by atoms with E-state index in [2.05, 4.69) is 118 Å². The second-order valence-corrected chi connectivity index (χ2v) is 18.8. The molecule has 0 amide bonds. The Kier molecular flexibility index (Phi) is 54.4. The molecule has 1 unspecified atom stereocenters. The van der Waals surface area contributed by atoms with Crippen LogP contribution in [0.5, 0.6) is 0 Å². The fourth-order valence-electron chi connectivity index (χ4n) is 7.66. The second kappa shape index (κ2) is 57.6. The molecule has 1 atom stereocenters. The zero-order valence-electron chi connectivity index (χ0n) is 45.5. The van der Waals surface area contributed by atoms with Crippen molar-refractivity contribution in [3.05, 3.63) is 109 Å². The smallest absolute Gasteiger partial charge is 0.306 e. The van der Waals surface area contributed by atoms with Gasteiger partial charge in [-0.25, -0.2) is 0 Å². The molecule has 0 rings (SSSR count). The summed E-state index contributed by atoms with van der Waals surface area (Å²) in [7, 11) is 0. The van der Waals surface area contributed by atoms with E-state index in [9.17, 15) is 14.4 Å². The summed E-state index contributed by atoms with van der Waals surface area (Å²) >= 11 is 0. The third kappa shape index (κ3) is 55.0. The summed E-state index contributed by atoms with van der Waals surface area (Å²) in [5.41, 5.74) is 0. The number of unbranched alkanes of at least 4 members (excludes halogenated alkanes) is 22. The first-order valence-corrected chi connectivity index (χ1v) is 28.9. The molecule has 0 aliphatic rings. The van der Waals surface area contributed by atoms with Gasteiger partial charge in [0.15, 0.2) is 6.10 Å². The van der Waals surface area contributed by atoms with Crippen molar-refractivity contribution < 1.29 is 28.6 Å². The fourth-order valence-corrected chi connectivity index (χ4v) is 7.66. The average Bonchev–Trinajstić information content (AvgIpc) is 3.36. The van der Waals surface area contributed by atoms with Crippen LogP contribution >= 0.6 is 0 Å². The number of carbonyl (C=O) groups excluding carboxylic acids is 3. The fraction of sp³-hybridized carbons (Fsp3) is 0.672. The monoisotopic (exact) mass is 971 g/mol. The molecular weight excluding hydrogens is 865 g/mol. The Morgan fingerprint density at radius 2 is 0.600 bits per heavy atom. The van der Waals surface area contributed by atoms with E-state index in [1.54, 1.807) is 0 Å². The van der Waals surface area contributed by atoms with Crippen molar-refractivity contribution in [2.45, 2.75) is 264 Å². The summed E-state index contributed by atoms with van der Waals surface area (Å²) in [6.07, 6.45) is 78.1. The molecule has 0 aromatic carbocycles. The van der Waals surface area contributed by atoms with Crippen molar-refractivity contribution in [3.8, 4) is 0 Å². The number of ether oxygens (including phenoxy) is 3. The first kappa shape index (κ1) is 66.1. The number of hydrogen-bond acceptors (Lipinski definition) is 6. The van der Waals surface area contributed by atoms with Gasteiger partial charge in [0.2, 0.25) is 0 Å². The van der Waals surface area contributed by atoms with E-state index in [4.69, 9.17) is 14.2 Å². The van der Waals surface area contributed by atoms with E-state index in [0.717, 1.165) is 103 Å². The van der Waals surface area contributed by atoms with E-state index in [0.29, 0.717) is 19.3 Å². The summed E-state index contributed by atoms with van der Waals surface area (Å²) < 4.78 is 16.8. The SMILES string of the molecule is CC/C=C\C/C=C\C/C=C\C/C=C\CCC(=O)OCC(COC(=O)CCCCCCCCCCCC/C=C\C/C=C\C/C=C\CCCCCCC)OC(=O)CCCCCCC/C=C\C/C=C\CCCC. The zero-order valence-corrected chi connectivity index (χ0v) is 45.5. The Balaban J connectivity index is 4.37. The van der Waals surface area contributed by atoms with Gasteiger partial charge in [0.05, 0.1) is 0 Å². The molecule has 0 saturated carbocycles. The molecule has 0 aliphatic heterocycles. The summed E-state index contributed by atoms with van der Waals surface area (Å²) in [5, 5.41) is 0. The summed E-state index contributed by atoms with van der Waals surface area (Å²) in [6.45, 7) is 6.39. The predicted molar refractivity (Wildman–Crippen MR) is 302 cm³/mol. The van der Waals surface area contributed by atoms with Crippen molar-refractivity contribution in [1.29, 1.82) is 0 Å². The highest BCUT2D eigenvalue weighted by molar-refractivity contribution is 5.71. The molecule has 0 aromatic rings. The third-order valence-corrected chi connectivity index (χ3v) is 12.0. The number of hydrogen-bond donors (Lipinski definition) is 0. The van der Waals surface area contributed by atoms with Crippen LogP contribution in [0, 0.1) is 0 Å². The van der Waals surface area contributed by atoms with E-state index >= 15 is 0 Å². The van der Waals surface area contributed by atoms with Crippen LogP contribution in [0.2, 0.25) is 0 Å². The molecule has 0 saturated heterocycles. The van der Waals surface area contributed by atoms with Gasteiger partial charge < -0.3 is 14.2 Å². The molecule has 0 fully saturated rings. The van der Waals surface area contributed by atoms with E-state index < -0.39 is 6.10 Å². The molecule has 70 heavy (non-hydrogen) atoms. The lowest BCUT2D eigenvalue weighted by Gasteiger charge is -2.18.